The summed E-state index contributed by atoms with van der Waals surface area (Å²) in [5.74, 6) is 0.687. The maximum atomic E-state index is 11.2. The molecule has 1 aliphatic rings. The van der Waals surface area contributed by atoms with Crippen LogP contribution in [0.2, 0.25) is 0 Å². The average Bonchev–Trinajstić information content (AvgIpc) is 2.60. The van der Waals surface area contributed by atoms with Crippen LogP contribution in [0, 0.1) is 4.91 Å². The number of unbranched alkanes of at least 4 members (excludes halogenated alkanes) is 3. The number of aryl methyl sites for hydroxylation is 1. The molecule has 0 unspecified atom stereocenters. The van der Waals surface area contributed by atoms with E-state index in [1.165, 1.54) is 18.4 Å². The van der Waals surface area contributed by atoms with Crippen LogP contribution in [0.25, 0.3) is 5.57 Å². The zero-order valence-corrected chi connectivity index (χ0v) is 15.9. The molecule has 134 valence electrons. The van der Waals surface area contributed by atoms with Gasteiger partial charge in [-0.25, -0.2) is 0 Å². The molecule has 1 aliphatic heterocycles. The van der Waals surface area contributed by atoms with E-state index in [0.29, 0.717) is 11.3 Å². The van der Waals surface area contributed by atoms with Gasteiger partial charge in [-0.2, -0.15) is 0 Å². The lowest BCUT2D eigenvalue weighted by atomic mass is 9.84. The Kier molecular flexibility index (Phi) is 6.35. The van der Waals surface area contributed by atoms with E-state index in [-0.39, 0.29) is 5.70 Å². The Morgan fingerprint density at radius 1 is 1.28 bits per heavy atom. The predicted molar refractivity (Wildman–Crippen MR) is 105 cm³/mol. The molecule has 3 heteroatoms. The third-order valence-electron chi connectivity index (χ3n) is 4.66. The van der Waals surface area contributed by atoms with Gasteiger partial charge in [0.2, 0.25) is 0 Å². The first-order chi connectivity index (χ1) is 11.9. The van der Waals surface area contributed by atoms with Gasteiger partial charge in [-0.1, -0.05) is 57.5 Å². The number of allylic oxidation sites excluding steroid dienone is 3. The summed E-state index contributed by atoms with van der Waals surface area (Å²) in [6.07, 6.45) is 9.60. The van der Waals surface area contributed by atoms with Crippen LogP contribution in [0.4, 0.5) is 0 Å². The molecule has 0 amide bonds. The van der Waals surface area contributed by atoms with Gasteiger partial charge in [0.05, 0.1) is 5.57 Å². The normalized spacial score (nSPS) is 15.8. The highest BCUT2D eigenvalue weighted by atomic mass is 16.5. The predicted octanol–water partition coefficient (Wildman–Crippen LogP) is 6.64. The highest BCUT2D eigenvalue weighted by Gasteiger charge is 2.34. The standard InChI is InChI=1S/C22H29NO2/c1-6-8-9-10-11-12-20-21(16(3)23-24)18-15-17(7-2)13-14-19(18)22(4,5)25-20/h11-15H,3,6-10H2,1-2,4-5H3/b12-11+. The molecule has 0 spiro atoms. The molecular formula is C22H29NO2. The highest BCUT2D eigenvalue weighted by molar-refractivity contribution is 5.84. The molecule has 0 saturated carbocycles. The highest BCUT2D eigenvalue weighted by Crippen LogP contribution is 2.43. The quantitative estimate of drug-likeness (QED) is 0.393. The first-order valence-corrected chi connectivity index (χ1v) is 9.20. The molecule has 0 N–H and O–H groups in total. The van der Waals surface area contributed by atoms with Gasteiger partial charge in [0, 0.05) is 5.56 Å². The Hall–Kier alpha value is -2.16. The van der Waals surface area contributed by atoms with E-state index in [2.05, 4.69) is 63.7 Å². The molecule has 1 heterocycles. The van der Waals surface area contributed by atoms with Gasteiger partial charge in [0.15, 0.2) is 0 Å². The molecule has 3 nitrogen and oxygen atoms in total. The smallest absolute Gasteiger partial charge is 0.130 e. The molecular weight excluding hydrogens is 310 g/mol. The van der Waals surface area contributed by atoms with Crippen LogP contribution in [0.15, 0.2) is 53.6 Å². The Balaban J connectivity index is 2.52. The van der Waals surface area contributed by atoms with Gasteiger partial charge < -0.3 is 4.74 Å². The second-order valence-electron chi connectivity index (χ2n) is 7.02. The molecule has 0 saturated heterocycles. The molecule has 2 rings (SSSR count). The summed E-state index contributed by atoms with van der Waals surface area (Å²) in [5, 5.41) is 3.11. The SMILES string of the molecule is C=C(N=O)C1=C(/C=C/CCCCC)OC(C)(C)c2ccc(CC)cc21. The van der Waals surface area contributed by atoms with Crippen molar-refractivity contribution in [2.45, 2.75) is 65.4 Å². The molecule has 0 aromatic heterocycles. The van der Waals surface area contributed by atoms with Gasteiger partial charge in [-0.3, -0.25) is 0 Å². The van der Waals surface area contributed by atoms with Crippen LogP contribution < -0.4 is 0 Å². The summed E-state index contributed by atoms with van der Waals surface area (Å²) in [7, 11) is 0. The van der Waals surface area contributed by atoms with Crippen molar-refractivity contribution in [1.29, 1.82) is 0 Å². The van der Waals surface area contributed by atoms with Gasteiger partial charge in [0.25, 0.3) is 0 Å². The Morgan fingerprint density at radius 2 is 2.04 bits per heavy atom. The number of hydrogen-bond donors (Lipinski definition) is 0. The lowest BCUT2D eigenvalue weighted by molar-refractivity contribution is 0.0358. The van der Waals surface area contributed by atoms with Crippen molar-refractivity contribution in [2.24, 2.45) is 5.18 Å². The van der Waals surface area contributed by atoms with Crippen molar-refractivity contribution in [3.8, 4) is 0 Å². The maximum absolute atomic E-state index is 11.2. The number of nitroso groups, excluding NO2 is 1. The van der Waals surface area contributed by atoms with Gasteiger partial charge >= 0.3 is 0 Å². The number of nitrogens with zero attached hydrogens (tertiary/aromatic N) is 1. The number of hydrogen-bond acceptors (Lipinski definition) is 3. The second kappa shape index (κ2) is 8.28. The van der Waals surface area contributed by atoms with E-state index in [1.54, 1.807) is 0 Å². The number of benzene rings is 1. The molecule has 0 atom stereocenters. The summed E-state index contributed by atoms with van der Waals surface area (Å²) >= 11 is 0. The van der Waals surface area contributed by atoms with Crippen LogP contribution in [-0.2, 0) is 16.8 Å². The second-order valence-corrected chi connectivity index (χ2v) is 7.02. The van der Waals surface area contributed by atoms with Crippen LogP contribution in [0.5, 0.6) is 0 Å². The van der Waals surface area contributed by atoms with E-state index >= 15 is 0 Å². The zero-order valence-electron chi connectivity index (χ0n) is 15.9. The van der Waals surface area contributed by atoms with Crippen LogP contribution in [0.3, 0.4) is 0 Å². The van der Waals surface area contributed by atoms with Gasteiger partial charge in [-0.15, -0.1) is 4.91 Å². The lowest BCUT2D eigenvalue weighted by Crippen LogP contribution is -2.27. The molecule has 0 aliphatic carbocycles. The summed E-state index contributed by atoms with van der Waals surface area (Å²) in [6.45, 7) is 12.3. The molecule has 0 fully saturated rings. The zero-order chi connectivity index (χ0) is 18.4. The van der Waals surface area contributed by atoms with E-state index in [1.807, 2.05) is 6.08 Å². The molecule has 1 aromatic carbocycles. The number of rotatable bonds is 8. The first kappa shape index (κ1) is 19.2. The molecule has 0 bridgehead atoms. The summed E-state index contributed by atoms with van der Waals surface area (Å²) in [6, 6.07) is 6.34. The monoisotopic (exact) mass is 339 g/mol. The Labute approximate surface area is 151 Å². The van der Waals surface area contributed by atoms with Crippen LogP contribution >= 0.6 is 0 Å². The van der Waals surface area contributed by atoms with Gasteiger partial charge in [-0.05, 0) is 55.5 Å². The fourth-order valence-electron chi connectivity index (χ4n) is 3.22. The van der Waals surface area contributed by atoms with Crippen LogP contribution in [0.1, 0.15) is 70.1 Å². The van der Waals surface area contributed by atoms with Crippen molar-refractivity contribution in [1.82, 2.24) is 0 Å². The fraction of sp³-hybridized carbons (Fsp3) is 0.455. The van der Waals surface area contributed by atoms with E-state index in [4.69, 9.17) is 4.74 Å². The van der Waals surface area contributed by atoms with E-state index in [0.717, 1.165) is 30.4 Å². The maximum Gasteiger partial charge on any atom is 0.130 e. The lowest BCUT2D eigenvalue weighted by Gasteiger charge is -2.35. The topological polar surface area (TPSA) is 38.7 Å². The van der Waals surface area contributed by atoms with Crippen molar-refractivity contribution >= 4 is 5.57 Å². The summed E-state index contributed by atoms with van der Waals surface area (Å²) in [4.78, 5) is 11.2. The minimum Gasteiger partial charge on any atom is -0.482 e. The van der Waals surface area contributed by atoms with E-state index in [9.17, 15) is 4.91 Å². The van der Waals surface area contributed by atoms with Crippen LogP contribution in [-0.4, -0.2) is 0 Å². The van der Waals surface area contributed by atoms with Crippen molar-refractivity contribution < 1.29 is 4.74 Å². The largest absolute Gasteiger partial charge is 0.482 e. The number of fused-ring (bicyclic) bond motifs is 1. The van der Waals surface area contributed by atoms with Crippen molar-refractivity contribution in [2.75, 3.05) is 0 Å². The minimum absolute atomic E-state index is 0.221. The Morgan fingerprint density at radius 3 is 2.68 bits per heavy atom. The molecule has 25 heavy (non-hydrogen) atoms. The first-order valence-electron chi connectivity index (χ1n) is 9.20. The third-order valence-corrected chi connectivity index (χ3v) is 4.66. The van der Waals surface area contributed by atoms with Gasteiger partial charge in [0.1, 0.15) is 17.1 Å². The average molecular weight is 339 g/mol. The Bertz CT molecular complexity index is 711. The third kappa shape index (κ3) is 4.28. The van der Waals surface area contributed by atoms with Crippen molar-refractivity contribution in [3.63, 3.8) is 0 Å². The summed E-state index contributed by atoms with van der Waals surface area (Å²) in [5.41, 5.74) is 3.77. The number of ether oxygens (including phenoxy) is 1. The summed E-state index contributed by atoms with van der Waals surface area (Å²) < 4.78 is 6.25. The van der Waals surface area contributed by atoms with E-state index < -0.39 is 5.60 Å². The fourth-order valence-corrected chi connectivity index (χ4v) is 3.22. The molecule has 0 radical (unpaired) electrons. The van der Waals surface area contributed by atoms with Crippen molar-refractivity contribution in [3.05, 3.63) is 70.0 Å². The minimum atomic E-state index is -0.461. The molecule has 1 aromatic rings.